The molecule has 0 radical (unpaired) electrons. The molecule has 0 aliphatic heterocycles. The Balaban J connectivity index is 2.68. The van der Waals surface area contributed by atoms with Crippen LogP contribution in [0, 0.1) is 13.8 Å². The minimum absolute atomic E-state index is 0.120. The number of amides is 3. The highest BCUT2D eigenvalue weighted by atomic mass is 19.4. The molecule has 7 nitrogen and oxygen atoms in total. The second kappa shape index (κ2) is 8.24. The summed E-state index contributed by atoms with van der Waals surface area (Å²) in [4.78, 5) is 35.3. The minimum Gasteiger partial charge on any atom is -0.449 e. The van der Waals surface area contributed by atoms with Crippen molar-refractivity contribution in [2.75, 3.05) is 6.54 Å². The van der Waals surface area contributed by atoms with Crippen LogP contribution in [0.15, 0.2) is 6.07 Å². The van der Waals surface area contributed by atoms with Gasteiger partial charge in [0.15, 0.2) is 6.10 Å². The molecule has 0 aromatic carbocycles. The lowest BCUT2D eigenvalue weighted by atomic mass is 10.2. The van der Waals surface area contributed by atoms with E-state index < -0.39 is 36.7 Å². The van der Waals surface area contributed by atoms with E-state index in [1.165, 1.54) is 12.2 Å². The zero-order chi connectivity index (χ0) is 20.2. The number of aryl methyl sites for hydroxylation is 1. The van der Waals surface area contributed by atoms with Crippen LogP contribution in [0.25, 0.3) is 0 Å². The predicted octanol–water partition coefficient (Wildman–Crippen LogP) is 2.62. The zero-order valence-corrected chi connectivity index (χ0v) is 15.2. The maximum Gasteiger partial charge on any atom is 0.405 e. The molecule has 10 heteroatoms. The van der Waals surface area contributed by atoms with Crippen LogP contribution in [0.3, 0.4) is 0 Å². The largest absolute Gasteiger partial charge is 0.449 e. The molecule has 1 unspecified atom stereocenters. The van der Waals surface area contributed by atoms with Crippen LogP contribution in [-0.2, 0) is 9.53 Å². The van der Waals surface area contributed by atoms with Gasteiger partial charge in [-0.1, -0.05) is 0 Å². The van der Waals surface area contributed by atoms with Gasteiger partial charge >= 0.3 is 18.2 Å². The van der Waals surface area contributed by atoms with E-state index in [4.69, 9.17) is 4.74 Å². The van der Waals surface area contributed by atoms with E-state index in [0.717, 1.165) is 5.69 Å². The van der Waals surface area contributed by atoms with E-state index in [9.17, 15) is 27.6 Å². The summed E-state index contributed by atoms with van der Waals surface area (Å²) in [6.07, 6.45) is -5.96. The number of urea groups is 1. The number of nitrogens with one attached hydrogen (secondary N) is 2. The van der Waals surface area contributed by atoms with Crippen LogP contribution < -0.4 is 10.6 Å². The number of alkyl halides is 3. The van der Waals surface area contributed by atoms with Gasteiger partial charge in [-0.25, -0.2) is 9.59 Å². The van der Waals surface area contributed by atoms with Crippen LogP contribution in [0.5, 0.6) is 0 Å². The quantitative estimate of drug-likeness (QED) is 0.772. The first-order chi connectivity index (χ1) is 11.8. The molecule has 0 saturated heterocycles. The number of carbonyl (C=O) groups excluding carboxylic acids is 3. The molecule has 0 fully saturated rings. The lowest BCUT2D eigenvalue weighted by Crippen LogP contribution is -2.47. The number of nitrogens with zero attached hydrogens (tertiary/aromatic N) is 1. The SMILES string of the molecule is Cc1cc(C(=O)OC(C)C(=O)NC(=O)NCC(F)(F)F)c(C)n1C(C)C. The Labute approximate surface area is 148 Å². The van der Waals surface area contributed by atoms with Gasteiger partial charge in [0.2, 0.25) is 0 Å². The maximum absolute atomic E-state index is 12.2. The van der Waals surface area contributed by atoms with Crippen molar-refractivity contribution in [1.29, 1.82) is 0 Å². The first-order valence-electron chi connectivity index (χ1n) is 7.88. The third kappa shape index (κ3) is 5.78. The summed E-state index contributed by atoms with van der Waals surface area (Å²) < 4.78 is 42.9. The van der Waals surface area contributed by atoms with Crippen molar-refractivity contribution >= 4 is 17.9 Å². The Morgan fingerprint density at radius 1 is 1.19 bits per heavy atom. The number of imide groups is 1. The van der Waals surface area contributed by atoms with Gasteiger partial charge in [0.1, 0.15) is 6.54 Å². The molecule has 0 saturated carbocycles. The molecular weight excluding hydrogens is 355 g/mol. The number of carbonyl (C=O) groups is 3. The molecule has 0 bridgehead atoms. The monoisotopic (exact) mass is 377 g/mol. The molecule has 0 spiro atoms. The predicted molar refractivity (Wildman–Crippen MR) is 86.8 cm³/mol. The second-order valence-corrected chi connectivity index (χ2v) is 6.08. The highest BCUT2D eigenvalue weighted by Crippen LogP contribution is 2.21. The van der Waals surface area contributed by atoms with Crippen molar-refractivity contribution in [1.82, 2.24) is 15.2 Å². The molecule has 3 amide bonds. The van der Waals surface area contributed by atoms with Gasteiger partial charge in [0, 0.05) is 17.4 Å². The van der Waals surface area contributed by atoms with Crippen LogP contribution in [0.4, 0.5) is 18.0 Å². The van der Waals surface area contributed by atoms with E-state index in [1.807, 2.05) is 25.3 Å². The molecule has 1 rings (SSSR count). The van der Waals surface area contributed by atoms with Gasteiger partial charge < -0.3 is 14.6 Å². The number of rotatable bonds is 5. The van der Waals surface area contributed by atoms with Crippen molar-refractivity contribution in [3.63, 3.8) is 0 Å². The van der Waals surface area contributed by atoms with Gasteiger partial charge in [-0.05, 0) is 40.7 Å². The first kappa shape index (κ1) is 21.5. The fraction of sp³-hybridized carbons (Fsp3) is 0.562. The van der Waals surface area contributed by atoms with Gasteiger partial charge in [0.25, 0.3) is 5.91 Å². The number of halogens is 3. The Morgan fingerprint density at radius 2 is 1.77 bits per heavy atom. The maximum atomic E-state index is 12.2. The highest BCUT2D eigenvalue weighted by molar-refractivity contribution is 5.98. The normalized spacial score (nSPS) is 12.7. The van der Waals surface area contributed by atoms with Gasteiger partial charge in [-0.2, -0.15) is 13.2 Å². The molecule has 2 N–H and O–H groups in total. The fourth-order valence-corrected chi connectivity index (χ4v) is 2.49. The lowest BCUT2D eigenvalue weighted by molar-refractivity contribution is -0.129. The Bertz CT molecular complexity index is 696. The molecular formula is C16H22F3N3O4. The Morgan fingerprint density at radius 3 is 2.23 bits per heavy atom. The molecule has 146 valence electrons. The Hall–Kier alpha value is -2.52. The molecule has 1 aromatic rings. The van der Waals surface area contributed by atoms with Crippen LogP contribution >= 0.6 is 0 Å². The summed E-state index contributed by atoms with van der Waals surface area (Å²) in [7, 11) is 0. The number of hydrogen-bond acceptors (Lipinski definition) is 4. The van der Waals surface area contributed by atoms with E-state index >= 15 is 0 Å². The smallest absolute Gasteiger partial charge is 0.405 e. The third-order valence-electron chi connectivity index (χ3n) is 3.56. The van der Waals surface area contributed by atoms with Crippen molar-refractivity contribution in [2.45, 2.75) is 52.9 Å². The summed E-state index contributed by atoms with van der Waals surface area (Å²) in [5.41, 5.74) is 1.78. The summed E-state index contributed by atoms with van der Waals surface area (Å²) in [5, 5.41) is 3.17. The van der Waals surface area contributed by atoms with Crippen LogP contribution in [-0.4, -0.2) is 41.3 Å². The van der Waals surface area contributed by atoms with Crippen LogP contribution in [0.1, 0.15) is 48.6 Å². The summed E-state index contributed by atoms with van der Waals surface area (Å²) in [6, 6.07) is 0.418. The van der Waals surface area contributed by atoms with Crippen molar-refractivity contribution in [3.05, 3.63) is 23.0 Å². The zero-order valence-electron chi connectivity index (χ0n) is 15.2. The number of hydrogen-bond donors (Lipinski definition) is 2. The van der Waals surface area contributed by atoms with E-state index in [1.54, 1.807) is 18.3 Å². The average Bonchev–Trinajstić information content (AvgIpc) is 2.79. The molecule has 1 aromatic heterocycles. The summed E-state index contributed by atoms with van der Waals surface area (Å²) in [5.74, 6) is -1.79. The third-order valence-corrected chi connectivity index (χ3v) is 3.56. The lowest BCUT2D eigenvalue weighted by Gasteiger charge is -2.15. The summed E-state index contributed by atoms with van der Waals surface area (Å²) >= 11 is 0. The minimum atomic E-state index is -4.60. The van der Waals surface area contributed by atoms with E-state index in [2.05, 4.69) is 0 Å². The van der Waals surface area contributed by atoms with Crippen LogP contribution in [0.2, 0.25) is 0 Å². The topological polar surface area (TPSA) is 89.4 Å². The Kier molecular flexibility index (Phi) is 6.82. The van der Waals surface area contributed by atoms with Gasteiger partial charge in [0.05, 0.1) is 5.56 Å². The molecule has 1 heterocycles. The second-order valence-electron chi connectivity index (χ2n) is 6.08. The van der Waals surface area contributed by atoms with Crippen molar-refractivity contribution in [3.8, 4) is 0 Å². The summed E-state index contributed by atoms with van der Waals surface area (Å²) in [6.45, 7) is 7.09. The van der Waals surface area contributed by atoms with E-state index in [0.29, 0.717) is 5.69 Å². The average molecular weight is 377 g/mol. The molecule has 0 aliphatic carbocycles. The van der Waals surface area contributed by atoms with Gasteiger partial charge in [-0.3, -0.25) is 10.1 Å². The molecule has 0 aliphatic rings. The fourth-order valence-electron chi connectivity index (χ4n) is 2.49. The number of esters is 1. The number of ether oxygens (including phenoxy) is 1. The van der Waals surface area contributed by atoms with Gasteiger partial charge in [-0.15, -0.1) is 0 Å². The van der Waals surface area contributed by atoms with E-state index in [-0.39, 0.29) is 11.6 Å². The van der Waals surface area contributed by atoms with Crippen molar-refractivity contribution in [2.24, 2.45) is 0 Å². The molecule has 1 atom stereocenters. The standard InChI is InChI=1S/C16H22F3N3O4/c1-8(2)22-9(3)6-12(10(22)4)14(24)26-11(5)13(23)21-15(25)20-7-16(17,18)19/h6,8,11H,7H2,1-5H3,(H2,20,21,23,25). The van der Waals surface area contributed by atoms with Crippen molar-refractivity contribution < 1.29 is 32.3 Å². The highest BCUT2D eigenvalue weighted by Gasteiger charge is 2.29. The number of aromatic nitrogens is 1. The molecule has 26 heavy (non-hydrogen) atoms. The first-order valence-corrected chi connectivity index (χ1v) is 7.88.